The number of amides is 2. The molecule has 0 spiro atoms. The molecule has 0 unspecified atom stereocenters. The first kappa shape index (κ1) is 15.3. The second kappa shape index (κ2) is 5.54. The van der Waals surface area contributed by atoms with E-state index in [-0.39, 0.29) is 11.3 Å². The Bertz CT molecular complexity index is 1020. The molecule has 0 saturated carbocycles. The molecule has 2 amide bonds. The van der Waals surface area contributed by atoms with E-state index in [2.05, 4.69) is 0 Å². The van der Waals surface area contributed by atoms with Crippen molar-refractivity contribution in [3.8, 4) is 0 Å². The summed E-state index contributed by atoms with van der Waals surface area (Å²) in [6, 6.07) is 5.35. The van der Waals surface area contributed by atoms with Gasteiger partial charge in [-0.2, -0.15) is 4.39 Å². The lowest BCUT2D eigenvalue weighted by atomic mass is 10.1. The maximum absolute atomic E-state index is 13.3. The van der Waals surface area contributed by atoms with Gasteiger partial charge in [-0.1, -0.05) is 6.07 Å². The highest BCUT2D eigenvalue weighted by molar-refractivity contribution is 6.28. The molecule has 1 aromatic carbocycles. The molecule has 0 atom stereocenters. The smallest absolute Gasteiger partial charge is 0.271 e. The van der Waals surface area contributed by atoms with Crippen LogP contribution in [0.15, 0.2) is 52.2 Å². The van der Waals surface area contributed by atoms with Gasteiger partial charge in [0, 0.05) is 17.7 Å². The fourth-order valence-corrected chi connectivity index (χ4v) is 2.17. The fraction of sp³-hybridized carbons (Fsp3) is 0. The van der Waals surface area contributed by atoms with Gasteiger partial charge in [0.05, 0.1) is 11.9 Å². The van der Waals surface area contributed by atoms with E-state index in [9.17, 15) is 28.4 Å². The average Bonchev–Trinajstić information content (AvgIpc) is 2.89. The van der Waals surface area contributed by atoms with Gasteiger partial charge in [0.15, 0.2) is 0 Å². The van der Waals surface area contributed by atoms with Crippen LogP contribution in [0, 0.1) is 5.82 Å². The number of aromatic amines is 1. The SMILES string of the molecule is O=C1C=CC(=O)N1c1cccc(C(=O)n2cc(F)c(=O)[nH]c2=O)c1. The third-order valence-electron chi connectivity index (χ3n) is 3.28. The highest BCUT2D eigenvalue weighted by Crippen LogP contribution is 2.20. The van der Waals surface area contributed by atoms with Crippen LogP contribution in [0.2, 0.25) is 0 Å². The second-order valence-electron chi connectivity index (χ2n) is 4.81. The van der Waals surface area contributed by atoms with E-state index in [1.54, 1.807) is 4.98 Å². The van der Waals surface area contributed by atoms with Crippen molar-refractivity contribution in [2.75, 3.05) is 4.90 Å². The van der Waals surface area contributed by atoms with Crippen molar-refractivity contribution in [3.63, 3.8) is 0 Å². The van der Waals surface area contributed by atoms with Gasteiger partial charge in [0.2, 0.25) is 5.82 Å². The average molecular weight is 329 g/mol. The Kier molecular flexibility index (Phi) is 3.53. The van der Waals surface area contributed by atoms with Gasteiger partial charge < -0.3 is 0 Å². The van der Waals surface area contributed by atoms with Crippen LogP contribution in [-0.2, 0) is 9.59 Å². The molecule has 2 heterocycles. The maximum Gasteiger partial charge on any atom is 0.335 e. The summed E-state index contributed by atoms with van der Waals surface area (Å²) >= 11 is 0. The minimum Gasteiger partial charge on any atom is -0.271 e. The molecule has 1 aliphatic rings. The lowest BCUT2D eigenvalue weighted by Crippen LogP contribution is -2.35. The normalized spacial score (nSPS) is 13.6. The molecular formula is C15H8FN3O5. The summed E-state index contributed by atoms with van der Waals surface area (Å²) in [6.45, 7) is 0. The number of H-pyrrole nitrogens is 1. The zero-order valence-corrected chi connectivity index (χ0v) is 11.9. The third-order valence-corrected chi connectivity index (χ3v) is 3.28. The predicted octanol–water partition coefficient (Wildman–Crippen LogP) is -0.206. The summed E-state index contributed by atoms with van der Waals surface area (Å²) in [7, 11) is 0. The number of hydrogen-bond acceptors (Lipinski definition) is 5. The van der Waals surface area contributed by atoms with Gasteiger partial charge in [-0.15, -0.1) is 0 Å². The molecule has 1 N–H and O–H groups in total. The zero-order chi connectivity index (χ0) is 17.4. The minimum atomic E-state index is -1.30. The van der Waals surface area contributed by atoms with Gasteiger partial charge in [0.1, 0.15) is 0 Å². The largest absolute Gasteiger partial charge is 0.335 e. The molecule has 2 aromatic rings. The molecule has 8 nitrogen and oxygen atoms in total. The molecule has 0 bridgehead atoms. The number of anilines is 1. The van der Waals surface area contributed by atoms with Crippen molar-refractivity contribution in [3.05, 3.63) is 74.8 Å². The van der Waals surface area contributed by atoms with Crippen LogP contribution in [-0.4, -0.2) is 27.3 Å². The summed E-state index contributed by atoms with van der Waals surface area (Å²) in [5.74, 6) is -3.37. The molecule has 0 aliphatic carbocycles. The number of aromatic nitrogens is 2. The van der Waals surface area contributed by atoms with Gasteiger partial charge in [-0.25, -0.2) is 14.3 Å². The van der Waals surface area contributed by atoms with Gasteiger partial charge in [-0.05, 0) is 18.2 Å². The number of halogens is 1. The standard InChI is InChI=1S/C15H8FN3O5/c16-10-7-18(15(24)17-13(10)22)14(23)8-2-1-3-9(6-8)19-11(20)4-5-12(19)21/h1-7H,(H,17,22,24). The van der Waals surface area contributed by atoms with Crippen molar-refractivity contribution in [1.82, 2.24) is 9.55 Å². The van der Waals surface area contributed by atoms with E-state index < -0.39 is 34.8 Å². The first-order valence-corrected chi connectivity index (χ1v) is 6.61. The molecule has 3 rings (SSSR count). The number of rotatable bonds is 2. The number of nitrogens with one attached hydrogen (secondary N) is 1. The summed E-state index contributed by atoms with van der Waals surface area (Å²) < 4.78 is 13.7. The fourth-order valence-electron chi connectivity index (χ4n) is 2.17. The summed E-state index contributed by atoms with van der Waals surface area (Å²) in [5, 5.41) is 0. The summed E-state index contributed by atoms with van der Waals surface area (Å²) in [4.78, 5) is 60.8. The van der Waals surface area contributed by atoms with Crippen LogP contribution in [0.1, 0.15) is 10.4 Å². The molecule has 0 saturated heterocycles. The van der Waals surface area contributed by atoms with Gasteiger partial charge in [0.25, 0.3) is 23.3 Å². The number of carbonyl (C=O) groups is 3. The molecule has 24 heavy (non-hydrogen) atoms. The third kappa shape index (κ3) is 2.47. The van der Waals surface area contributed by atoms with Crippen molar-refractivity contribution < 1.29 is 18.8 Å². The monoisotopic (exact) mass is 329 g/mol. The van der Waals surface area contributed by atoms with E-state index in [1.165, 1.54) is 24.3 Å². The zero-order valence-electron chi connectivity index (χ0n) is 11.9. The van der Waals surface area contributed by atoms with Crippen LogP contribution in [0.3, 0.4) is 0 Å². The predicted molar refractivity (Wildman–Crippen MR) is 79.1 cm³/mol. The van der Waals surface area contributed by atoms with Crippen LogP contribution in [0.4, 0.5) is 10.1 Å². The second-order valence-corrected chi connectivity index (χ2v) is 4.81. The Morgan fingerprint density at radius 1 is 1.04 bits per heavy atom. The van der Waals surface area contributed by atoms with Gasteiger partial charge in [-0.3, -0.25) is 24.2 Å². The van der Waals surface area contributed by atoms with Crippen LogP contribution >= 0.6 is 0 Å². The molecule has 0 radical (unpaired) electrons. The number of imide groups is 1. The summed E-state index contributed by atoms with van der Waals surface area (Å²) in [5.41, 5.74) is -2.30. The Labute approximate surface area is 132 Å². The molecule has 1 aliphatic heterocycles. The lowest BCUT2D eigenvalue weighted by molar-refractivity contribution is -0.119. The number of carbonyl (C=O) groups excluding carboxylic acids is 3. The van der Waals surface area contributed by atoms with Crippen LogP contribution in [0.25, 0.3) is 0 Å². The Morgan fingerprint density at radius 3 is 2.38 bits per heavy atom. The minimum absolute atomic E-state index is 0.0754. The molecule has 120 valence electrons. The van der Waals surface area contributed by atoms with Gasteiger partial charge >= 0.3 is 5.69 Å². The number of benzene rings is 1. The Hall–Kier alpha value is -3.62. The first-order valence-electron chi connectivity index (χ1n) is 6.61. The Morgan fingerprint density at radius 2 is 1.71 bits per heavy atom. The topological polar surface area (TPSA) is 109 Å². The molecule has 0 fully saturated rings. The number of nitrogens with zero attached hydrogens (tertiary/aromatic N) is 2. The quantitative estimate of drug-likeness (QED) is 0.767. The Balaban J connectivity index is 2.04. The molecule has 9 heteroatoms. The summed E-state index contributed by atoms with van der Waals surface area (Å²) in [6.07, 6.45) is 2.64. The van der Waals surface area contributed by atoms with Crippen LogP contribution in [0.5, 0.6) is 0 Å². The highest BCUT2D eigenvalue weighted by atomic mass is 19.1. The van der Waals surface area contributed by atoms with Crippen molar-refractivity contribution in [2.45, 2.75) is 0 Å². The van der Waals surface area contributed by atoms with Crippen molar-refractivity contribution in [2.24, 2.45) is 0 Å². The van der Waals surface area contributed by atoms with E-state index in [0.29, 0.717) is 10.8 Å². The van der Waals surface area contributed by atoms with Crippen molar-refractivity contribution in [1.29, 1.82) is 0 Å². The van der Waals surface area contributed by atoms with E-state index in [4.69, 9.17) is 0 Å². The first-order chi connectivity index (χ1) is 11.4. The van der Waals surface area contributed by atoms with E-state index in [1.807, 2.05) is 0 Å². The molecular weight excluding hydrogens is 321 g/mol. The van der Waals surface area contributed by atoms with E-state index in [0.717, 1.165) is 17.1 Å². The molecule has 1 aromatic heterocycles. The van der Waals surface area contributed by atoms with Crippen molar-refractivity contribution >= 4 is 23.4 Å². The van der Waals surface area contributed by atoms with Crippen LogP contribution < -0.4 is 16.1 Å². The number of hydrogen-bond donors (Lipinski definition) is 1. The maximum atomic E-state index is 13.3. The lowest BCUT2D eigenvalue weighted by Gasteiger charge is -2.14. The van der Waals surface area contributed by atoms with E-state index >= 15 is 0 Å². The highest BCUT2D eigenvalue weighted by Gasteiger charge is 2.26.